The van der Waals surface area contributed by atoms with Crippen molar-refractivity contribution in [3.63, 3.8) is 0 Å². The van der Waals surface area contributed by atoms with Gasteiger partial charge in [0.05, 0.1) is 11.9 Å². The van der Waals surface area contributed by atoms with Crippen molar-refractivity contribution in [1.29, 1.82) is 0 Å². The van der Waals surface area contributed by atoms with E-state index in [0.29, 0.717) is 23.2 Å². The van der Waals surface area contributed by atoms with E-state index in [0.717, 1.165) is 19.3 Å². The summed E-state index contributed by atoms with van der Waals surface area (Å²) in [6.07, 6.45) is 6.12. The topological polar surface area (TPSA) is 64.0 Å². The van der Waals surface area contributed by atoms with Crippen molar-refractivity contribution in [2.75, 3.05) is 18.1 Å². The molecule has 1 aromatic heterocycles. The Kier molecular flexibility index (Phi) is 7.43. The largest absolute Gasteiger partial charge is 0.383 e. The molecule has 5 nitrogen and oxygen atoms in total. The zero-order valence-electron chi connectivity index (χ0n) is 12.2. The highest BCUT2D eigenvalue weighted by Crippen LogP contribution is 2.16. The number of unbranched alkanes of at least 4 members (excludes halogenated alkanes) is 1. The van der Waals surface area contributed by atoms with Gasteiger partial charge < -0.3 is 5.32 Å². The van der Waals surface area contributed by atoms with Crippen LogP contribution in [0.25, 0.3) is 0 Å². The molecule has 2 unspecified atom stereocenters. The van der Waals surface area contributed by atoms with Crippen LogP contribution in [-0.4, -0.2) is 32.0 Å². The van der Waals surface area contributed by atoms with Gasteiger partial charge in [0.25, 0.3) is 5.56 Å². The van der Waals surface area contributed by atoms with Gasteiger partial charge in [-0.2, -0.15) is 5.10 Å². The van der Waals surface area contributed by atoms with Gasteiger partial charge in [-0.15, -0.1) is 0 Å². The van der Waals surface area contributed by atoms with Crippen LogP contribution in [-0.2, 0) is 17.3 Å². The molecule has 0 aliphatic heterocycles. The molecule has 0 saturated carbocycles. The van der Waals surface area contributed by atoms with Crippen LogP contribution in [0.5, 0.6) is 0 Å². The van der Waals surface area contributed by atoms with Gasteiger partial charge in [-0.1, -0.05) is 20.3 Å². The highest BCUT2D eigenvalue weighted by atomic mass is 79.9. The lowest BCUT2D eigenvalue weighted by Crippen LogP contribution is -2.25. The van der Waals surface area contributed by atoms with Crippen LogP contribution in [0.15, 0.2) is 15.5 Å². The lowest BCUT2D eigenvalue weighted by Gasteiger charge is -2.12. The molecule has 1 heterocycles. The maximum absolute atomic E-state index is 12.1. The van der Waals surface area contributed by atoms with E-state index >= 15 is 0 Å². The third kappa shape index (κ3) is 5.01. The van der Waals surface area contributed by atoms with E-state index in [2.05, 4.69) is 33.3 Å². The van der Waals surface area contributed by atoms with E-state index < -0.39 is 10.8 Å². The van der Waals surface area contributed by atoms with E-state index in [1.165, 1.54) is 4.68 Å². The number of hydrogen-bond acceptors (Lipinski definition) is 4. The van der Waals surface area contributed by atoms with E-state index in [-0.39, 0.29) is 10.8 Å². The molecule has 114 valence electrons. The summed E-state index contributed by atoms with van der Waals surface area (Å²) in [6, 6.07) is 0. The summed E-state index contributed by atoms with van der Waals surface area (Å²) in [5.41, 5.74) is 0.576. The van der Waals surface area contributed by atoms with Gasteiger partial charge in [-0.05, 0) is 28.8 Å². The Morgan fingerprint density at radius 3 is 2.85 bits per heavy atom. The van der Waals surface area contributed by atoms with E-state index in [1.807, 2.05) is 6.92 Å². The van der Waals surface area contributed by atoms with Crippen LogP contribution in [0.3, 0.4) is 0 Å². The Bertz CT molecular complexity index is 519. The SMILES string of the molecule is CCCCn1ncc(NCCC(C)S(C)=O)c(Br)c1=O. The minimum absolute atomic E-state index is 0.115. The number of nitrogens with one attached hydrogen (secondary N) is 1. The number of halogens is 1. The molecule has 0 saturated heterocycles. The number of nitrogens with zero attached hydrogens (tertiary/aromatic N) is 2. The Balaban J connectivity index is 2.66. The van der Waals surface area contributed by atoms with Gasteiger partial charge in [-0.3, -0.25) is 9.00 Å². The fourth-order valence-corrected chi connectivity index (χ4v) is 2.53. The maximum atomic E-state index is 12.1. The fourth-order valence-electron chi connectivity index (χ4n) is 1.63. The second-order valence-electron chi connectivity index (χ2n) is 4.78. The predicted molar refractivity (Wildman–Crippen MR) is 87.7 cm³/mol. The van der Waals surface area contributed by atoms with Gasteiger partial charge in [0, 0.05) is 35.4 Å². The van der Waals surface area contributed by atoms with Crippen molar-refractivity contribution in [2.24, 2.45) is 0 Å². The molecule has 7 heteroatoms. The van der Waals surface area contributed by atoms with E-state index in [9.17, 15) is 9.00 Å². The number of hydrogen-bond donors (Lipinski definition) is 1. The van der Waals surface area contributed by atoms with Crippen molar-refractivity contribution in [3.05, 3.63) is 21.0 Å². The number of rotatable bonds is 8. The average molecular weight is 364 g/mol. The number of aromatic nitrogens is 2. The van der Waals surface area contributed by atoms with Crippen LogP contribution < -0.4 is 10.9 Å². The van der Waals surface area contributed by atoms with Crippen LogP contribution in [0.1, 0.15) is 33.1 Å². The smallest absolute Gasteiger partial charge is 0.283 e. The Labute approximate surface area is 130 Å². The first-order chi connectivity index (χ1) is 9.47. The van der Waals surface area contributed by atoms with Crippen LogP contribution in [0, 0.1) is 0 Å². The Hall–Kier alpha value is -0.690. The van der Waals surface area contributed by atoms with E-state index in [4.69, 9.17) is 0 Å². The van der Waals surface area contributed by atoms with Crippen molar-refractivity contribution in [2.45, 2.75) is 44.9 Å². The molecular weight excluding hydrogens is 342 g/mol. The molecule has 0 amide bonds. The molecule has 20 heavy (non-hydrogen) atoms. The molecule has 0 fully saturated rings. The Morgan fingerprint density at radius 1 is 1.55 bits per heavy atom. The first-order valence-electron chi connectivity index (χ1n) is 6.79. The summed E-state index contributed by atoms with van der Waals surface area (Å²) >= 11 is 3.32. The van der Waals surface area contributed by atoms with Gasteiger partial charge in [0.15, 0.2) is 0 Å². The summed E-state index contributed by atoms with van der Waals surface area (Å²) in [5, 5.41) is 7.46. The summed E-state index contributed by atoms with van der Waals surface area (Å²) < 4.78 is 13.2. The molecule has 1 rings (SSSR count). The summed E-state index contributed by atoms with van der Waals surface area (Å²) in [6.45, 7) is 5.34. The number of aryl methyl sites for hydroxylation is 1. The normalized spacial score (nSPS) is 14.0. The second-order valence-corrected chi connectivity index (χ2v) is 7.37. The lowest BCUT2D eigenvalue weighted by molar-refractivity contribution is 0.541. The average Bonchev–Trinajstić information content (AvgIpc) is 2.42. The molecule has 1 N–H and O–H groups in total. The van der Waals surface area contributed by atoms with Crippen molar-refractivity contribution < 1.29 is 4.21 Å². The Morgan fingerprint density at radius 2 is 2.25 bits per heavy atom. The summed E-state index contributed by atoms with van der Waals surface area (Å²) in [4.78, 5) is 12.1. The molecule has 0 aliphatic carbocycles. The zero-order chi connectivity index (χ0) is 15.1. The third-order valence-electron chi connectivity index (χ3n) is 3.14. The third-order valence-corrected chi connectivity index (χ3v) is 5.28. The van der Waals surface area contributed by atoms with E-state index in [1.54, 1.807) is 12.5 Å². The van der Waals surface area contributed by atoms with Gasteiger partial charge in [0.1, 0.15) is 4.47 Å². The molecule has 0 aliphatic rings. The van der Waals surface area contributed by atoms with Crippen molar-refractivity contribution in [1.82, 2.24) is 9.78 Å². The summed E-state index contributed by atoms with van der Waals surface area (Å²) in [5.74, 6) is 0. The van der Waals surface area contributed by atoms with Crippen LogP contribution in [0.4, 0.5) is 5.69 Å². The minimum Gasteiger partial charge on any atom is -0.383 e. The van der Waals surface area contributed by atoms with Crippen molar-refractivity contribution in [3.8, 4) is 0 Å². The molecule has 0 radical (unpaired) electrons. The zero-order valence-corrected chi connectivity index (χ0v) is 14.6. The molecule has 0 bridgehead atoms. The quantitative estimate of drug-likeness (QED) is 0.769. The monoisotopic (exact) mass is 363 g/mol. The first kappa shape index (κ1) is 17.4. The lowest BCUT2D eigenvalue weighted by atomic mass is 10.3. The van der Waals surface area contributed by atoms with Gasteiger partial charge in [-0.25, -0.2) is 4.68 Å². The molecule has 0 aromatic carbocycles. The van der Waals surface area contributed by atoms with Gasteiger partial charge >= 0.3 is 0 Å². The highest BCUT2D eigenvalue weighted by molar-refractivity contribution is 9.10. The molecule has 1 aromatic rings. The van der Waals surface area contributed by atoms with Crippen LogP contribution in [0.2, 0.25) is 0 Å². The fraction of sp³-hybridized carbons (Fsp3) is 0.692. The standard InChI is InChI=1S/C13H22BrN3O2S/c1-4-5-8-17-13(18)12(14)11(9-16-17)15-7-6-10(2)20(3)19/h9-10,15H,4-8H2,1-3H3. The van der Waals surface area contributed by atoms with Crippen molar-refractivity contribution >= 4 is 32.4 Å². The van der Waals surface area contributed by atoms with Gasteiger partial charge in [0.2, 0.25) is 0 Å². The molecule has 0 spiro atoms. The predicted octanol–water partition coefficient (Wildman–Crippen LogP) is 2.37. The second kappa shape index (κ2) is 8.56. The highest BCUT2D eigenvalue weighted by Gasteiger charge is 2.10. The van der Waals surface area contributed by atoms with Crippen LogP contribution >= 0.6 is 15.9 Å². The summed E-state index contributed by atoms with van der Waals surface area (Å²) in [7, 11) is -0.819. The minimum atomic E-state index is -0.819. The first-order valence-corrected chi connectivity index (χ1v) is 9.20. The maximum Gasteiger partial charge on any atom is 0.283 e. The molecular formula is C13H22BrN3O2S. The molecule has 2 atom stereocenters. The number of anilines is 1.